The molecule has 1 amide bonds. The predicted octanol–water partition coefficient (Wildman–Crippen LogP) is 2.63. The highest BCUT2D eigenvalue weighted by molar-refractivity contribution is 6.03. The molecule has 0 heterocycles. The molecule has 0 unspecified atom stereocenters. The molecule has 1 aromatic carbocycles. The first-order valence-electron chi connectivity index (χ1n) is 7.45. The fraction of sp³-hybridized carbons (Fsp3) is 0.333. The first-order valence-corrected chi connectivity index (χ1v) is 7.45. The summed E-state index contributed by atoms with van der Waals surface area (Å²) >= 11 is 0. The maximum Gasteiger partial charge on any atom is 0.253 e. The van der Waals surface area contributed by atoms with E-state index in [1.807, 2.05) is 6.92 Å². The van der Waals surface area contributed by atoms with Crippen LogP contribution in [0.3, 0.4) is 0 Å². The second kappa shape index (κ2) is 6.79. The molecule has 5 heteroatoms. The van der Waals surface area contributed by atoms with Crippen molar-refractivity contribution in [2.45, 2.75) is 26.5 Å². The van der Waals surface area contributed by atoms with Gasteiger partial charge in [-0.1, -0.05) is 0 Å². The summed E-state index contributed by atoms with van der Waals surface area (Å²) < 4.78 is 10.9. The minimum Gasteiger partial charge on any atom is -0.497 e. The van der Waals surface area contributed by atoms with Crippen LogP contribution in [0.1, 0.15) is 31.1 Å². The van der Waals surface area contributed by atoms with Crippen molar-refractivity contribution >= 4 is 11.7 Å². The van der Waals surface area contributed by atoms with Gasteiger partial charge in [0.05, 0.1) is 7.11 Å². The lowest BCUT2D eigenvalue weighted by Crippen LogP contribution is -2.53. The summed E-state index contributed by atoms with van der Waals surface area (Å²) in [5.74, 6) is 0.293. The molecule has 0 atom stereocenters. The van der Waals surface area contributed by atoms with Crippen molar-refractivity contribution < 1.29 is 19.1 Å². The average molecular weight is 315 g/mol. The number of ether oxygens (including phenoxy) is 2. The minimum atomic E-state index is -1.08. The molecule has 1 aromatic rings. The van der Waals surface area contributed by atoms with E-state index in [9.17, 15) is 9.59 Å². The second-order valence-corrected chi connectivity index (χ2v) is 5.35. The molecule has 0 aromatic heterocycles. The van der Waals surface area contributed by atoms with Crippen LogP contribution in [0.2, 0.25) is 0 Å². The number of carbonyl (C=O) groups excluding carboxylic acids is 2. The highest BCUT2D eigenvalue weighted by atomic mass is 16.5. The van der Waals surface area contributed by atoms with Crippen molar-refractivity contribution in [3.63, 3.8) is 0 Å². The number of nitrogens with one attached hydrogen (secondary N) is 1. The van der Waals surface area contributed by atoms with E-state index >= 15 is 0 Å². The number of rotatable bonds is 5. The number of hydrogen-bond acceptors (Lipinski definition) is 4. The van der Waals surface area contributed by atoms with Gasteiger partial charge in [0.15, 0.2) is 11.5 Å². The molecule has 0 bridgehead atoms. The molecule has 0 spiro atoms. The number of carbonyl (C=O) groups is 2. The molecule has 0 aliphatic heterocycles. The van der Waals surface area contributed by atoms with Crippen LogP contribution in [0.5, 0.6) is 5.75 Å². The molecular weight excluding hydrogens is 294 g/mol. The Morgan fingerprint density at radius 1 is 1.13 bits per heavy atom. The smallest absolute Gasteiger partial charge is 0.253 e. The van der Waals surface area contributed by atoms with Crippen molar-refractivity contribution in [1.29, 1.82) is 0 Å². The van der Waals surface area contributed by atoms with Gasteiger partial charge in [0.1, 0.15) is 5.75 Å². The van der Waals surface area contributed by atoms with Crippen molar-refractivity contribution in [2.24, 2.45) is 0 Å². The first-order chi connectivity index (χ1) is 10.9. The highest BCUT2D eigenvalue weighted by Gasteiger charge is 2.39. The maximum absolute atomic E-state index is 12.6. The highest BCUT2D eigenvalue weighted by Crippen LogP contribution is 2.31. The van der Waals surface area contributed by atoms with E-state index in [1.165, 1.54) is 12.2 Å². The van der Waals surface area contributed by atoms with E-state index < -0.39 is 5.72 Å². The standard InChI is InChI=1S/C18H21NO4/c1-5-23-18(12(2)10-15(20)11-13(18)3)19-17(21)14-6-8-16(22-4)9-7-14/h6-11H,5H2,1-4H3,(H,19,21). The zero-order valence-electron chi connectivity index (χ0n) is 13.8. The third-order valence-corrected chi connectivity index (χ3v) is 3.83. The second-order valence-electron chi connectivity index (χ2n) is 5.35. The van der Waals surface area contributed by atoms with Crippen LogP contribution in [-0.4, -0.2) is 31.1 Å². The predicted molar refractivity (Wildman–Crippen MR) is 87.3 cm³/mol. The number of allylic oxidation sites excluding steroid dienone is 2. The molecular formula is C18H21NO4. The number of ketones is 1. The van der Waals surface area contributed by atoms with Crippen LogP contribution in [0.15, 0.2) is 47.6 Å². The third kappa shape index (κ3) is 3.35. The van der Waals surface area contributed by atoms with E-state index in [2.05, 4.69) is 5.32 Å². The minimum absolute atomic E-state index is 0.103. The molecule has 2 rings (SSSR count). The van der Waals surface area contributed by atoms with Gasteiger partial charge in [-0.3, -0.25) is 9.59 Å². The van der Waals surface area contributed by atoms with Gasteiger partial charge in [0, 0.05) is 12.2 Å². The topological polar surface area (TPSA) is 64.6 Å². The Labute approximate surface area is 136 Å². The molecule has 5 nitrogen and oxygen atoms in total. The summed E-state index contributed by atoms with van der Waals surface area (Å²) in [5, 5.41) is 2.92. The van der Waals surface area contributed by atoms with Crippen LogP contribution < -0.4 is 10.1 Å². The van der Waals surface area contributed by atoms with Gasteiger partial charge in [-0.25, -0.2) is 0 Å². The van der Waals surface area contributed by atoms with Gasteiger partial charge in [-0.2, -0.15) is 0 Å². The SMILES string of the molecule is CCOC1(NC(=O)c2ccc(OC)cc2)C(C)=CC(=O)C=C1C. The van der Waals surface area contributed by atoms with Crippen LogP contribution in [0, 0.1) is 0 Å². The number of amides is 1. The monoisotopic (exact) mass is 315 g/mol. The van der Waals surface area contributed by atoms with Gasteiger partial charge < -0.3 is 14.8 Å². The number of methoxy groups -OCH3 is 1. The summed E-state index contributed by atoms with van der Waals surface area (Å²) in [4.78, 5) is 24.3. The zero-order chi connectivity index (χ0) is 17.0. The van der Waals surface area contributed by atoms with Gasteiger partial charge in [-0.15, -0.1) is 0 Å². The molecule has 23 heavy (non-hydrogen) atoms. The van der Waals surface area contributed by atoms with Gasteiger partial charge in [0.25, 0.3) is 5.91 Å². The molecule has 1 N–H and O–H groups in total. The van der Waals surface area contributed by atoms with Crippen molar-refractivity contribution in [2.75, 3.05) is 13.7 Å². The Hall–Kier alpha value is -2.40. The summed E-state index contributed by atoms with van der Waals surface area (Å²) in [7, 11) is 1.57. The van der Waals surface area contributed by atoms with E-state index in [1.54, 1.807) is 45.2 Å². The summed E-state index contributed by atoms with van der Waals surface area (Å²) in [5.41, 5.74) is 0.722. The van der Waals surface area contributed by atoms with Gasteiger partial charge >= 0.3 is 0 Å². The largest absolute Gasteiger partial charge is 0.497 e. The van der Waals surface area contributed by atoms with Crippen LogP contribution in [0.25, 0.3) is 0 Å². The number of benzene rings is 1. The molecule has 122 valence electrons. The lowest BCUT2D eigenvalue weighted by molar-refractivity contribution is -0.111. The Morgan fingerprint density at radius 3 is 2.17 bits per heavy atom. The van der Waals surface area contributed by atoms with E-state index in [0.717, 1.165) is 0 Å². The lowest BCUT2D eigenvalue weighted by Gasteiger charge is -2.38. The molecule has 0 radical (unpaired) electrons. The molecule has 1 aliphatic rings. The van der Waals surface area contributed by atoms with Crippen molar-refractivity contribution in [3.05, 3.63) is 53.1 Å². The lowest BCUT2D eigenvalue weighted by atomic mass is 9.89. The van der Waals surface area contributed by atoms with Crippen LogP contribution in [0.4, 0.5) is 0 Å². The van der Waals surface area contributed by atoms with Crippen LogP contribution >= 0.6 is 0 Å². The normalized spacial score (nSPS) is 16.4. The average Bonchev–Trinajstić information content (AvgIpc) is 2.52. The Balaban J connectivity index is 2.32. The maximum atomic E-state index is 12.6. The molecule has 0 saturated carbocycles. The van der Waals surface area contributed by atoms with E-state index in [-0.39, 0.29) is 11.7 Å². The Morgan fingerprint density at radius 2 is 1.70 bits per heavy atom. The van der Waals surface area contributed by atoms with E-state index in [4.69, 9.17) is 9.47 Å². The van der Waals surface area contributed by atoms with Gasteiger partial charge in [-0.05, 0) is 68.3 Å². The third-order valence-electron chi connectivity index (χ3n) is 3.83. The molecule has 0 fully saturated rings. The van der Waals surface area contributed by atoms with Crippen LogP contribution in [-0.2, 0) is 9.53 Å². The Kier molecular flexibility index (Phi) is 5.01. The summed E-state index contributed by atoms with van der Waals surface area (Å²) in [6, 6.07) is 6.80. The quantitative estimate of drug-likeness (QED) is 0.848. The zero-order valence-corrected chi connectivity index (χ0v) is 13.8. The molecule has 0 saturated heterocycles. The fourth-order valence-electron chi connectivity index (χ4n) is 2.63. The summed E-state index contributed by atoms with van der Waals surface area (Å²) in [6.45, 7) is 5.79. The van der Waals surface area contributed by atoms with E-state index in [0.29, 0.717) is 29.1 Å². The van der Waals surface area contributed by atoms with Crippen molar-refractivity contribution in [1.82, 2.24) is 5.32 Å². The van der Waals surface area contributed by atoms with Crippen molar-refractivity contribution in [3.8, 4) is 5.75 Å². The summed E-state index contributed by atoms with van der Waals surface area (Å²) in [6.07, 6.45) is 2.97. The number of hydrogen-bond donors (Lipinski definition) is 1. The Bertz CT molecular complexity index is 649. The molecule has 1 aliphatic carbocycles. The fourth-order valence-corrected chi connectivity index (χ4v) is 2.63. The first kappa shape index (κ1) is 17.0. The van der Waals surface area contributed by atoms with Gasteiger partial charge in [0.2, 0.25) is 0 Å².